The van der Waals surface area contributed by atoms with Gasteiger partial charge in [0.25, 0.3) is 0 Å². The molecule has 0 bridgehead atoms. The van der Waals surface area contributed by atoms with Crippen molar-refractivity contribution in [2.75, 3.05) is 26.0 Å². The average Bonchev–Trinajstić information content (AvgIpc) is 2.36. The standard InChI is InChI=1S/C13H19F2NO2S/c1-3-6-16-11(8-18-2)9-19(17)13-5-4-10(14)7-12(13)15/h4-5,7,11,16H,3,6,8-9H2,1-2H3. The Morgan fingerprint density at radius 1 is 1.42 bits per heavy atom. The Balaban J connectivity index is 2.69. The summed E-state index contributed by atoms with van der Waals surface area (Å²) in [5.41, 5.74) is 0. The number of nitrogens with one attached hydrogen (secondary N) is 1. The summed E-state index contributed by atoms with van der Waals surface area (Å²) in [6.45, 7) is 3.19. The molecule has 0 aliphatic carbocycles. The zero-order chi connectivity index (χ0) is 14.3. The largest absolute Gasteiger partial charge is 0.383 e. The molecule has 0 saturated carbocycles. The van der Waals surface area contributed by atoms with E-state index in [9.17, 15) is 13.0 Å². The van der Waals surface area contributed by atoms with E-state index in [-0.39, 0.29) is 16.7 Å². The summed E-state index contributed by atoms with van der Waals surface area (Å²) < 4.78 is 43.4. The van der Waals surface area contributed by atoms with Crippen molar-refractivity contribution >= 4 is 10.8 Å². The third-order valence-corrected chi connectivity index (χ3v) is 4.07. The van der Waals surface area contributed by atoms with Gasteiger partial charge in [0.05, 0.1) is 22.3 Å². The predicted molar refractivity (Wildman–Crippen MR) is 71.6 cm³/mol. The van der Waals surface area contributed by atoms with E-state index in [1.165, 1.54) is 6.07 Å². The zero-order valence-corrected chi connectivity index (χ0v) is 11.9. The molecule has 0 aromatic heterocycles. The first-order chi connectivity index (χ1) is 9.08. The second-order valence-corrected chi connectivity index (χ2v) is 5.66. The van der Waals surface area contributed by atoms with E-state index in [1.54, 1.807) is 7.11 Å². The lowest BCUT2D eigenvalue weighted by atomic mass is 10.3. The van der Waals surface area contributed by atoms with Crippen LogP contribution in [0.25, 0.3) is 0 Å². The lowest BCUT2D eigenvalue weighted by molar-refractivity contribution is 0.173. The first-order valence-corrected chi connectivity index (χ1v) is 7.46. The van der Waals surface area contributed by atoms with Crippen LogP contribution in [0.3, 0.4) is 0 Å². The number of hydrogen-bond acceptors (Lipinski definition) is 3. The summed E-state index contributed by atoms with van der Waals surface area (Å²) >= 11 is 0. The van der Waals surface area contributed by atoms with Gasteiger partial charge in [0, 0.05) is 25.0 Å². The van der Waals surface area contributed by atoms with Crippen LogP contribution in [-0.2, 0) is 15.5 Å². The van der Waals surface area contributed by atoms with Crippen LogP contribution in [0.2, 0.25) is 0 Å². The second-order valence-electron chi connectivity index (χ2n) is 4.19. The number of methoxy groups -OCH3 is 1. The summed E-state index contributed by atoms with van der Waals surface area (Å²) in [4.78, 5) is 0.0285. The molecule has 0 fully saturated rings. The molecule has 1 N–H and O–H groups in total. The van der Waals surface area contributed by atoms with Crippen molar-refractivity contribution in [1.82, 2.24) is 5.32 Å². The summed E-state index contributed by atoms with van der Waals surface area (Å²) in [5.74, 6) is -1.21. The summed E-state index contributed by atoms with van der Waals surface area (Å²) in [5, 5.41) is 3.19. The Kier molecular flexibility index (Phi) is 7.12. The average molecular weight is 291 g/mol. The monoisotopic (exact) mass is 291 g/mol. The molecule has 1 aromatic rings. The number of halogens is 2. The van der Waals surface area contributed by atoms with Gasteiger partial charge < -0.3 is 10.1 Å². The van der Waals surface area contributed by atoms with Crippen molar-refractivity contribution in [3.63, 3.8) is 0 Å². The van der Waals surface area contributed by atoms with Gasteiger partial charge in [-0.15, -0.1) is 0 Å². The van der Waals surface area contributed by atoms with Crippen molar-refractivity contribution in [3.05, 3.63) is 29.8 Å². The van der Waals surface area contributed by atoms with Crippen molar-refractivity contribution in [1.29, 1.82) is 0 Å². The quantitative estimate of drug-likeness (QED) is 0.797. The van der Waals surface area contributed by atoms with Crippen LogP contribution in [0, 0.1) is 11.6 Å². The Morgan fingerprint density at radius 3 is 2.74 bits per heavy atom. The molecule has 0 saturated heterocycles. The Labute approximate surface area is 114 Å². The zero-order valence-electron chi connectivity index (χ0n) is 11.1. The first-order valence-electron chi connectivity index (χ1n) is 6.14. The lowest BCUT2D eigenvalue weighted by Crippen LogP contribution is -2.38. The SMILES string of the molecule is CCCNC(COC)CS(=O)c1ccc(F)cc1F. The van der Waals surface area contributed by atoms with Crippen molar-refractivity contribution < 1.29 is 17.7 Å². The van der Waals surface area contributed by atoms with Crippen LogP contribution in [0.15, 0.2) is 23.1 Å². The molecule has 0 radical (unpaired) electrons. The highest BCUT2D eigenvalue weighted by molar-refractivity contribution is 7.85. The van der Waals surface area contributed by atoms with Crippen molar-refractivity contribution in [2.24, 2.45) is 0 Å². The second kappa shape index (κ2) is 8.35. The van der Waals surface area contributed by atoms with Gasteiger partial charge in [-0.05, 0) is 25.1 Å². The van der Waals surface area contributed by atoms with Crippen LogP contribution in [-0.4, -0.2) is 36.3 Å². The number of hydrogen-bond donors (Lipinski definition) is 1. The minimum atomic E-state index is -1.52. The molecule has 0 aliphatic rings. The van der Waals surface area contributed by atoms with E-state index in [1.807, 2.05) is 6.92 Å². The maximum absolute atomic E-state index is 13.5. The fourth-order valence-electron chi connectivity index (χ4n) is 1.65. The molecule has 6 heteroatoms. The molecule has 1 aromatic carbocycles. The minimum Gasteiger partial charge on any atom is -0.383 e. The van der Waals surface area contributed by atoms with Crippen molar-refractivity contribution in [3.8, 4) is 0 Å². The lowest BCUT2D eigenvalue weighted by Gasteiger charge is -2.17. The molecular weight excluding hydrogens is 272 g/mol. The third kappa shape index (κ3) is 5.34. The normalized spacial score (nSPS) is 14.3. The highest BCUT2D eigenvalue weighted by atomic mass is 32.2. The fraction of sp³-hybridized carbons (Fsp3) is 0.538. The van der Waals surface area contributed by atoms with Gasteiger partial charge in [-0.2, -0.15) is 0 Å². The number of ether oxygens (including phenoxy) is 1. The smallest absolute Gasteiger partial charge is 0.142 e. The summed E-state index contributed by atoms with van der Waals surface area (Å²) in [7, 11) is 0.0351. The Hall–Kier alpha value is -0.850. The molecule has 0 spiro atoms. The van der Waals surface area contributed by atoms with E-state index < -0.39 is 22.4 Å². The maximum Gasteiger partial charge on any atom is 0.142 e. The van der Waals surface area contributed by atoms with Gasteiger partial charge in [0.1, 0.15) is 11.6 Å². The molecular formula is C13H19F2NO2S. The van der Waals surface area contributed by atoms with Gasteiger partial charge in [0.2, 0.25) is 0 Å². The highest BCUT2D eigenvalue weighted by Crippen LogP contribution is 2.14. The van der Waals surface area contributed by atoms with Crippen LogP contribution < -0.4 is 5.32 Å². The Morgan fingerprint density at radius 2 is 2.16 bits per heavy atom. The van der Waals surface area contributed by atoms with Crippen LogP contribution >= 0.6 is 0 Å². The highest BCUT2D eigenvalue weighted by Gasteiger charge is 2.16. The van der Waals surface area contributed by atoms with Gasteiger partial charge in [-0.3, -0.25) is 4.21 Å². The molecule has 0 heterocycles. The third-order valence-electron chi connectivity index (χ3n) is 2.54. The maximum atomic E-state index is 13.5. The van der Waals surface area contributed by atoms with Crippen LogP contribution in [0.5, 0.6) is 0 Å². The predicted octanol–water partition coefficient (Wildman–Crippen LogP) is 2.09. The van der Waals surface area contributed by atoms with Gasteiger partial charge in [0.15, 0.2) is 0 Å². The fourth-order valence-corrected chi connectivity index (χ4v) is 2.90. The van der Waals surface area contributed by atoms with Gasteiger partial charge in [-0.1, -0.05) is 6.92 Å². The van der Waals surface area contributed by atoms with Crippen LogP contribution in [0.1, 0.15) is 13.3 Å². The molecule has 0 aliphatic heterocycles. The summed E-state index contributed by atoms with van der Waals surface area (Å²) in [6, 6.07) is 2.97. The number of benzene rings is 1. The van der Waals surface area contributed by atoms with Gasteiger partial charge >= 0.3 is 0 Å². The Bertz CT molecular complexity index is 429. The van der Waals surface area contributed by atoms with Gasteiger partial charge in [-0.25, -0.2) is 8.78 Å². The molecule has 108 valence electrons. The van der Waals surface area contributed by atoms with E-state index in [0.29, 0.717) is 6.61 Å². The minimum absolute atomic E-state index is 0.0285. The molecule has 2 atom stereocenters. The van der Waals surface area contributed by atoms with Crippen molar-refractivity contribution in [2.45, 2.75) is 24.3 Å². The molecule has 2 unspecified atom stereocenters. The summed E-state index contributed by atoms with van der Waals surface area (Å²) in [6.07, 6.45) is 0.942. The molecule has 19 heavy (non-hydrogen) atoms. The van der Waals surface area contributed by atoms with Crippen LogP contribution in [0.4, 0.5) is 8.78 Å². The van der Waals surface area contributed by atoms with E-state index >= 15 is 0 Å². The topological polar surface area (TPSA) is 38.3 Å². The molecule has 3 nitrogen and oxygen atoms in total. The van der Waals surface area contributed by atoms with E-state index in [4.69, 9.17) is 4.74 Å². The number of rotatable bonds is 8. The molecule has 1 rings (SSSR count). The van der Waals surface area contributed by atoms with E-state index in [0.717, 1.165) is 25.1 Å². The first kappa shape index (κ1) is 16.2. The van der Waals surface area contributed by atoms with E-state index in [2.05, 4.69) is 5.32 Å². The molecule has 0 amide bonds.